The Balaban J connectivity index is 2.43. The Bertz CT molecular complexity index is 734. The van der Waals surface area contributed by atoms with Crippen molar-refractivity contribution in [2.24, 2.45) is 0 Å². The van der Waals surface area contributed by atoms with Gasteiger partial charge in [0.25, 0.3) is 0 Å². The molecule has 5 heteroatoms. The molecule has 0 aliphatic carbocycles. The highest BCUT2D eigenvalue weighted by Crippen LogP contribution is 2.25. The van der Waals surface area contributed by atoms with Gasteiger partial charge in [-0.2, -0.15) is 15.6 Å². The molecule has 3 nitrogen and oxygen atoms in total. The van der Waals surface area contributed by atoms with E-state index < -0.39 is 10.0 Å². The first kappa shape index (κ1) is 17.2. The van der Waals surface area contributed by atoms with Crippen LogP contribution in [0.1, 0.15) is 35.6 Å². The summed E-state index contributed by atoms with van der Waals surface area (Å²) in [5.74, 6) is 0. The molecule has 0 amide bonds. The van der Waals surface area contributed by atoms with Crippen LogP contribution < -0.4 is 0 Å². The molecular weight excluding hydrogens is 314 g/mol. The van der Waals surface area contributed by atoms with Crippen molar-refractivity contribution in [3.63, 3.8) is 0 Å². The van der Waals surface area contributed by atoms with Crippen LogP contribution in [0.2, 0.25) is 0 Å². The molecule has 2 rings (SSSR count). The van der Waals surface area contributed by atoms with E-state index in [9.17, 15) is 8.42 Å². The van der Waals surface area contributed by atoms with Crippen LogP contribution in [0.4, 0.5) is 0 Å². The minimum absolute atomic E-state index is 0.430. The summed E-state index contributed by atoms with van der Waals surface area (Å²) in [5.41, 5.74) is 3.99. The number of thiophene rings is 1. The van der Waals surface area contributed by atoms with Gasteiger partial charge in [-0.05, 0) is 72.3 Å². The second-order valence-electron chi connectivity index (χ2n) is 5.67. The Morgan fingerprint density at radius 3 is 2.36 bits per heavy atom. The lowest BCUT2D eigenvalue weighted by molar-refractivity contribution is 0.406. The third-order valence-corrected chi connectivity index (χ3v) is 6.54. The first-order chi connectivity index (χ1) is 10.4. The zero-order valence-corrected chi connectivity index (χ0v) is 15.2. The minimum Gasteiger partial charge on any atom is -0.207 e. The maximum Gasteiger partial charge on any atom is 0.243 e. The number of hydrogen-bond donors (Lipinski definition) is 0. The summed E-state index contributed by atoms with van der Waals surface area (Å²) in [6.45, 7) is 8.80. The second kappa shape index (κ2) is 6.94. The van der Waals surface area contributed by atoms with Crippen LogP contribution in [0.15, 0.2) is 33.9 Å². The van der Waals surface area contributed by atoms with Crippen molar-refractivity contribution in [3.8, 4) is 0 Å². The number of rotatable bonds is 6. The third-order valence-electron chi connectivity index (χ3n) is 3.82. The maximum absolute atomic E-state index is 13.1. The molecule has 22 heavy (non-hydrogen) atoms. The molecule has 0 N–H and O–H groups in total. The fourth-order valence-electron chi connectivity index (χ4n) is 2.47. The van der Waals surface area contributed by atoms with E-state index in [-0.39, 0.29) is 0 Å². The van der Waals surface area contributed by atoms with E-state index in [2.05, 4.69) is 0 Å². The Labute approximate surface area is 137 Å². The summed E-state index contributed by atoms with van der Waals surface area (Å²) in [4.78, 5) is 0.430. The molecule has 0 bridgehead atoms. The summed E-state index contributed by atoms with van der Waals surface area (Å²) >= 11 is 1.59. The van der Waals surface area contributed by atoms with Gasteiger partial charge in [0.1, 0.15) is 0 Å². The lowest BCUT2D eigenvalue weighted by atomic mass is 10.1. The Kier molecular flexibility index (Phi) is 5.42. The SMILES string of the molecule is CCCN(Cc1ccsc1)S(=O)(=O)c1cc(C)c(C)cc1C. The summed E-state index contributed by atoms with van der Waals surface area (Å²) in [6, 6.07) is 5.74. The van der Waals surface area contributed by atoms with Crippen molar-refractivity contribution in [2.75, 3.05) is 6.54 Å². The fourth-order valence-corrected chi connectivity index (χ4v) is 4.94. The highest BCUT2D eigenvalue weighted by atomic mass is 32.2. The molecule has 0 spiro atoms. The van der Waals surface area contributed by atoms with E-state index in [0.29, 0.717) is 18.0 Å². The molecule has 0 saturated carbocycles. The normalized spacial score (nSPS) is 12.0. The van der Waals surface area contributed by atoms with E-state index in [1.165, 1.54) is 0 Å². The van der Waals surface area contributed by atoms with Crippen molar-refractivity contribution in [1.82, 2.24) is 4.31 Å². The van der Waals surface area contributed by atoms with Gasteiger partial charge < -0.3 is 0 Å². The first-order valence-corrected chi connectivity index (χ1v) is 9.83. The van der Waals surface area contributed by atoms with E-state index in [4.69, 9.17) is 0 Å². The maximum atomic E-state index is 13.1. The molecule has 1 aromatic carbocycles. The summed E-state index contributed by atoms with van der Waals surface area (Å²) in [6.07, 6.45) is 0.799. The molecule has 120 valence electrons. The molecule has 1 aromatic heterocycles. The zero-order chi connectivity index (χ0) is 16.3. The molecule has 1 heterocycles. The predicted molar refractivity (Wildman–Crippen MR) is 92.9 cm³/mol. The molecule has 0 saturated heterocycles. The highest BCUT2D eigenvalue weighted by molar-refractivity contribution is 7.89. The van der Waals surface area contributed by atoms with Gasteiger partial charge in [0.05, 0.1) is 4.90 Å². The van der Waals surface area contributed by atoms with Crippen molar-refractivity contribution >= 4 is 21.4 Å². The summed E-state index contributed by atoms with van der Waals surface area (Å²) in [7, 11) is -3.47. The standard InChI is InChI=1S/C17H23NO2S2/c1-5-7-18(11-16-6-8-21-12-16)22(19,20)17-10-14(3)13(2)9-15(17)4/h6,8-10,12H,5,7,11H2,1-4H3. The summed E-state index contributed by atoms with van der Waals surface area (Å²) < 4.78 is 27.7. The van der Waals surface area contributed by atoms with Crippen molar-refractivity contribution in [1.29, 1.82) is 0 Å². The van der Waals surface area contributed by atoms with Crippen LogP contribution in [0.5, 0.6) is 0 Å². The smallest absolute Gasteiger partial charge is 0.207 e. The quantitative estimate of drug-likeness (QED) is 0.789. The number of sulfonamides is 1. The van der Waals surface area contributed by atoms with Gasteiger partial charge in [0.2, 0.25) is 10.0 Å². The highest BCUT2D eigenvalue weighted by Gasteiger charge is 2.26. The number of nitrogens with zero attached hydrogens (tertiary/aromatic N) is 1. The van der Waals surface area contributed by atoms with Gasteiger partial charge in [-0.1, -0.05) is 13.0 Å². The Morgan fingerprint density at radius 2 is 1.77 bits per heavy atom. The Morgan fingerprint density at radius 1 is 1.09 bits per heavy atom. The van der Waals surface area contributed by atoms with E-state index in [0.717, 1.165) is 28.7 Å². The van der Waals surface area contributed by atoms with Gasteiger partial charge in [0, 0.05) is 13.1 Å². The molecule has 0 unspecified atom stereocenters. The third kappa shape index (κ3) is 3.59. The molecule has 0 fully saturated rings. The molecule has 0 aliphatic heterocycles. The van der Waals surface area contributed by atoms with Gasteiger partial charge in [-0.3, -0.25) is 0 Å². The van der Waals surface area contributed by atoms with E-state index in [1.807, 2.05) is 50.6 Å². The summed E-state index contributed by atoms with van der Waals surface area (Å²) in [5, 5.41) is 3.98. The molecule has 0 aliphatic rings. The van der Waals surface area contributed by atoms with Gasteiger partial charge in [-0.25, -0.2) is 8.42 Å². The number of aryl methyl sites for hydroxylation is 3. The van der Waals surface area contributed by atoms with Crippen molar-refractivity contribution in [3.05, 3.63) is 51.2 Å². The van der Waals surface area contributed by atoms with Crippen LogP contribution in [0.3, 0.4) is 0 Å². The number of benzene rings is 1. The monoisotopic (exact) mass is 337 g/mol. The second-order valence-corrected chi connectivity index (χ2v) is 8.36. The van der Waals surface area contributed by atoms with Crippen LogP contribution in [-0.2, 0) is 16.6 Å². The average Bonchev–Trinajstić information content (AvgIpc) is 2.95. The van der Waals surface area contributed by atoms with Crippen LogP contribution in [-0.4, -0.2) is 19.3 Å². The van der Waals surface area contributed by atoms with Crippen LogP contribution in [0.25, 0.3) is 0 Å². The van der Waals surface area contributed by atoms with Crippen LogP contribution in [0, 0.1) is 20.8 Å². The van der Waals surface area contributed by atoms with Crippen LogP contribution >= 0.6 is 11.3 Å². The Hall–Kier alpha value is -1.17. The molecule has 0 radical (unpaired) electrons. The lowest BCUT2D eigenvalue weighted by Gasteiger charge is -2.23. The lowest BCUT2D eigenvalue weighted by Crippen LogP contribution is -2.31. The largest absolute Gasteiger partial charge is 0.243 e. The zero-order valence-electron chi connectivity index (χ0n) is 13.6. The average molecular weight is 338 g/mol. The van der Waals surface area contributed by atoms with Gasteiger partial charge >= 0.3 is 0 Å². The van der Waals surface area contributed by atoms with Gasteiger partial charge in [0.15, 0.2) is 0 Å². The fraction of sp³-hybridized carbons (Fsp3) is 0.412. The van der Waals surface area contributed by atoms with E-state index in [1.54, 1.807) is 21.7 Å². The predicted octanol–water partition coefficient (Wildman–Crippen LogP) is 4.27. The van der Waals surface area contributed by atoms with Crippen molar-refractivity contribution in [2.45, 2.75) is 45.6 Å². The minimum atomic E-state index is -3.47. The molecule has 0 atom stereocenters. The molecular formula is C17H23NO2S2. The van der Waals surface area contributed by atoms with E-state index >= 15 is 0 Å². The van der Waals surface area contributed by atoms with Gasteiger partial charge in [-0.15, -0.1) is 0 Å². The number of hydrogen-bond acceptors (Lipinski definition) is 3. The first-order valence-electron chi connectivity index (χ1n) is 7.45. The molecule has 2 aromatic rings. The van der Waals surface area contributed by atoms with Crippen molar-refractivity contribution < 1.29 is 8.42 Å². The topological polar surface area (TPSA) is 37.4 Å².